The standard InChI is InChI=1S/C21H24N4O3/c1-24-18-5-3-2-4-16(18)19(17(12-22)21(24)27)25-9-6-15(7-10-25)23-20(26)14-8-11-28-13-14/h2-5,14-15H,6-11,13H2,1H3,(H,23,26). The smallest absolute Gasteiger partial charge is 0.270 e. The molecule has 28 heavy (non-hydrogen) atoms. The lowest BCUT2D eigenvalue weighted by atomic mass is 10.00. The fraction of sp³-hybridized carbons (Fsp3) is 0.476. The zero-order valence-electron chi connectivity index (χ0n) is 16.0. The van der Waals surface area contributed by atoms with Crippen molar-refractivity contribution in [3.8, 4) is 6.07 Å². The van der Waals surface area contributed by atoms with Crippen LogP contribution in [0.3, 0.4) is 0 Å². The largest absolute Gasteiger partial charge is 0.381 e. The van der Waals surface area contributed by atoms with Gasteiger partial charge < -0.3 is 19.5 Å². The molecular formula is C21H24N4O3. The number of hydrogen-bond donors (Lipinski definition) is 1. The summed E-state index contributed by atoms with van der Waals surface area (Å²) < 4.78 is 6.83. The number of piperidine rings is 1. The van der Waals surface area contributed by atoms with E-state index in [2.05, 4.69) is 16.3 Å². The second-order valence-corrected chi connectivity index (χ2v) is 7.55. The molecule has 146 valence electrons. The van der Waals surface area contributed by atoms with Crippen LogP contribution in [0.5, 0.6) is 0 Å². The highest BCUT2D eigenvalue weighted by Gasteiger charge is 2.29. The number of fused-ring (bicyclic) bond motifs is 1. The Bertz CT molecular complexity index is 993. The van der Waals surface area contributed by atoms with E-state index in [1.807, 2.05) is 24.3 Å². The van der Waals surface area contributed by atoms with Gasteiger partial charge in [0.05, 0.1) is 23.7 Å². The topological polar surface area (TPSA) is 87.4 Å². The Morgan fingerprint density at radius 1 is 1.25 bits per heavy atom. The van der Waals surface area contributed by atoms with Gasteiger partial charge in [0, 0.05) is 38.2 Å². The van der Waals surface area contributed by atoms with E-state index in [9.17, 15) is 14.9 Å². The molecule has 1 aromatic carbocycles. The minimum absolute atomic E-state index is 0.0377. The third-order valence-electron chi connectivity index (χ3n) is 5.85. The SMILES string of the molecule is Cn1c(=O)c(C#N)c(N2CCC(NC(=O)C3CCOC3)CC2)c2ccccc21. The van der Waals surface area contributed by atoms with Crippen molar-refractivity contribution in [3.63, 3.8) is 0 Å². The average molecular weight is 380 g/mol. The molecular weight excluding hydrogens is 356 g/mol. The molecule has 0 bridgehead atoms. The van der Waals surface area contributed by atoms with Crippen LogP contribution in [-0.4, -0.2) is 42.8 Å². The summed E-state index contributed by atoms with van der Waals surface area (Å²) in [5.41, 5.74) is 1.45. The van der Waals surface area contributed by atoms with Gasteiger partial charge in [0.15, 0.2) is 0 Å². The number of para-hydroxylation sites is 1. The lowest BCUT2D eigenvalue weighted by Gasteiger charge is -2.35. The predicted molar refractivity (Wildman–Crippen MR) is 106 cm³/mol. The van der Waals surface area contributed by atoms with Crippen LogP contribution >= 0.6 is 0 Å². The highest BCUT2D eigenvalue weighted by atomic mass is 16.5. The number of nitrogens with zero attached hydrogens (tertiary/aromatic N) is 3. The van der Waals surface area contributed by atoms with Gasteiger partial charge in [0.2, 0.25) is 5.91 Å². The maximum absolute atomic E-state index is 12.7. The Morgan fingerprint density at radius 3 is 2.68 bits per heavy atom. The Morgan fingerprint density at radius 2 is 2.00 bits per heavy atom. The number of hydrogen-bond acceptors (Lipinski definition) is 5. The molecule has 0 radical (unpaired) electrons. The zero-order valence-corrected chi connectivity index (χ0v) is 16.0. The number of nitriles is 1. The molecule has 1 atom stereocenters. The molecule has 0 aliphatic carbocycles. The first-order valence-electron chi connectivity index (χ1n) is 9.75. The van der Waals surface area contributed by atoms with Gasteiger partial charge in [-0.2, -0.15) is 5.26 Å². The molecule has 0 spiro atoms. The summed E-state index contributed by atoms with van der Waals surface area (Å²) in [4.78, 5) is 27.1. The van der Waals surface area contributed by atoms with Crippen molar-refractivity contribution in [2.75, 3.05) is 31.2 Å². The fourth-order valence-electron chi connectivity index (χ4n) is 4.22. The summed E-state index contributed by atoms with van der Waals surface area (Å²) >= 11 is 0. The van der Waals surface area contributed by atoms with E-state index in [-0.39, 0.29) is 29.0 Å². The monoisotopic (exact) mass is 380 g/mol. The van der Waals surface area contributed by atoms with E-state index >= 15 is 0 Å². The van der Waals surface area contributed by atoms with Gasteiger partial charge >= 0.3 is 0 Å². The maximum Gasteiger partial charge on any atom is 0.270 e. The van der Waals surface area contributed by atoms with Gasteiger partial charge in [-0.3, -0.25) is 9.59 Å². The molecule has 7 nitrogen and oxygen atoms in total. The summed E-state index contributed by atoms with van der Waals surface area (Å²) in [5.74, 6) is 0.0389. The molecule has 2 aliphatic heterocycles. The van der Waals surface area contributed by atoms with Crippen LogP contribution in [0.1, 0.15) is 24.8 Å². The van der Waals surface area contributed by atoms with Gasteiger partial charge in [-0.05, 0) is 25.3 Å². The van der Waals surface area contributed by atoms with Crippen LogP contribution in [0, 0.1) is 17.2 Å². The van der Waals surface area contributed by atoms with E-state index in [0.717, 1.165) is 35.9 Å². The number of aryl methyl sites for hydroxylation is 1. The zero-order chi connectivity index (χ0) is 19.7. The lowest BCUT2D eigenvalue weighted by molar-refractivity contribution is -0.125. The van der Waals surface area contributed by atoms with Crippen molar-refractivity contribution in [3.05, 3.63) is 40.2 Å². The molecule has 2 aliphatic rings. The minimum Gasteiger partial charge on any atom is -0.381 e. The Labute approximate surface area is 163 Å². The average Bonchev–Trinajstić information content (AvgIpc) is 3.26. The number of amides is 1. The highest BCUT2D eigenvalue weighted by molar-refractivity contribution is 5.95. The van der Waals surface area contributed by atoms with Gasteiger partial charge in [0.1, 0.15) is 11.6 Å². The lowest BCUT2D eigenvalue weighted by Crippen LogP contribution is -2.47. The molecule has 4 rings (SSSR count). The predicted octanol–water partition coefficient (Wildman–Crippen LogP) is 1.53. The van der Waals surface area contributed by atoms with Crippen molar-refractivity contribution in [2.24, 2.45) is 13.0 Å². The van der Waals surface area contributed by atoms with Crippen molar-refractivity contribution in [1.29, 1.82) is 5.26 Å². The number of carbonyl (C=O) groups is 1. The number of benzene rings is 1. The highest BCUT2D eigenvalue weighted by Crippen LogP contribution is 2.30. The number of aromatic nitrogens is 1. The maximum atomic E-state index is 12.7. The van der Waals surface area contributed by atoms with Crippen molar-refractivity contribution in [2.45, 2.75) is 25.3 Å². The first kappa shape index (κ1) is 18.5. The van der Waals surface area contributed by atoms with E-state index < -0.39 is 0 Å². The van der Waals surface area contributed by atoms with Crippen LogP contribution in [0.25, 0.3) is 10.9 Å². The summed E-state index contributed by atoms with van der Waals surface area (Å²) in [6.45, 7) is 2.55. The van der Waals surface area contributed by atoms with E-state index in [1.165, 1.54) is 4.57 Å². The van der Waals surface area contributed by atoms with Crippen molar-refractivity contribution in [1.82, 2.24) is 9.88 Å². The molecule has 0 saturated carbocycles. The Balaban J connectivity index is 1.56. The summed E-state index contributed by atoms with van der Waals surface area (Å²) in [6.07, 6.45) is 2.36. The summed E-state index contributed by atoms with van der Waals surface area (Å²) in [6, 6.07) is 9.91. The molecule has 1 N–H and O–H groups in total. The Kier molecular flexibility index (Phi) is 5.05. The first-order chi connectivity index (χ1) is 13.6. The fourth-order valence-corrected chi connectivity index (χ4v) is 4.22. The number of ether oxygens (including phenoxy) is 1. The first-order valence-corrected chi connectivity index (χ1v) is 9.75. The normalized spacial score (nSPS) is 20.3. The van der Waals surface area contributed by atoms with Crippen LogP contribution in [0.15, 0.2) is 29.1 Å². The van der Waals surface area contributed by atoms with E-state index in [0.29, 0.717) is 26.3 Å². The van der Waals surface area contributed by atoms with Gasteiger partial charge in [-0.25, -0.2) is 0 Å². The Hall–Kier alpha value is -2.85. The number of carbonyl (C=O) groups excluding carboxylic acids is 1. The molecule has 1 aromatic heterocycles. The van der Waals surface area contributed by atoms with Crippen LogP contribution in [-0.2, 0) is 16.6 Å². The van der Waals surface area contributed by atoms with Crippen LogP contribution in [0.4, 0.5) is 5.69 Å². The number of nitrogens with one attached hydrogen (secondary N) is 1. The molecule has 3 heterocycles. The third kappa shape index (κ3) is 3.25. The minimum atomic E-state index is -0.271. The quantitative estimate of drug-likeness (QED) is 0.873. The number of rotatable bonds is 3. The molecule has 1 unspecified atom stereocenters. The van der Waals surface area contributed by atoms with E-state index in [1.54, 1.807) is 7.05 Å². The van der Waals surface area contributed by atoms with Gasteiger partial charge in [0.25, 0.3) is 5.56 Å². The molecule has 7 heteroatoms. The number of anilines is 1. The molecule has 1 amide bonds. The van der Waals surface area contributed by atoms with Gasteiger partial charge in [-0.15, -0.1) is 0 Å². The van der Waals surface area contributed by atoms with Crippen molar-refractivity contribution >= 4 is 22.5 Å². The van der Waals surface area contributed by atoms with Crippen LogP contribution < -0.4 is 15.8 Å². The third-order valence-corrected chi connectivity index (χ3v) is 5.85. The molecule has 2 aromatic rings. The van der Waals surface area contributed by atoms with E-state index in [4.69, 9.17) is 4.74 Å². The molecule has 2 fully saturated rings. The number of pyridine rings is 1. The van der Waals surface area contributed by atoms with Crippen molar-refractivity contribution < 1.29 is 9.53 Å². The summed E-state index contributed by atoms with van der Waals surface area (Å²) in [5, 5.41) is 13.7. The van der Waals surface area contributed by atoms with Crippen LogP contribution in [0.2, 0.25) is 0 Å². The molecule has 2 saturated heterocycles. The second-order valence-electron chi connectivity index (χ2n) is 7.55. The summed E-state index contributed by atoms with van der Waals surface area (Å²) in [7, 11) is 1.70. The second kappa shape index (κ2) is 7.64. The van der Waals surface area contributed by atoms with Gasteiger partial charge in [-0.1, -0.05) is 18.2 Å².